The molecular weight excluding hydrogens is 585 g/mol. The average molecular weight is 613 g/mol. The third-order valence-corrected chi connectivity index (χ3v) is 8.86. The van der Waals surface area contributed by atoms with Crippen LogP contribution in [-0.2, 0) is 0 Å². The first kappa shape index (κ1) is 27.8. The van der Waals surface area contributed by atoms with E-state index in [-0.39, 0.29) is 0 Å². The van der Waals surface area contributed by atoms with Gasteiger partial charge in [0.1, 0.15) is 0 Å². The molecule has 0 atom stereocenters. The Labute approximate surface area is 279 Å². The number of hydrogen-bond donors (Lipinski definition) is 0. The summed E-state index contributed by atoms with van der Waals surface area (Å²) in [6, 6.07) is 41.6. The van der Waals surface area contributed by atoms with Crippen molar-refractivity contribution in [3.8, 4) is 0 Å². The number of hydrogen-bond acceptors (Lipinski definition) is 4. The van der Waals surface area contributed by atoms with E-state index < -0.39 is 0 Å². The zero-order valence-corrected chi connectivity index (χ0v) is 26.0. The lowest BCUT2D eigenvalue weighted by atomic mass is 9.98. The monoisotopic (exact) mass is 612 g/mol. The van der Waals surface area contributed by atoms with Crippen molar-refractivity contribution in [1.82, 2.24) is 0 Å². The predicted molar refractivity (Wildman–Crippen MR) is 200 cm³/mol. The van der Waals surface area contributed by atoms with Gasteiger partial charge in [-0.3, -0.25) is 0 Å². The van der Waals surface area contributed by atoms with Gasteiger partial charge in [0.15, 0.2) is 0 Å². The van der Waals surface area contributed by atoms with Gasteiger partial charge >= 0.3 is 0 Å². The normalized spacial score (nSPS) is 17.8. The molecule has 0 saturated carbocycles. The van der Waals surface area contributed by atoms with Gasteiger partial charge in [-0.15, -0.1) is 0 Å². The van der Waals surface area contributed by atoms with Crippen molar-refractivity contribution in [2.75, 3.05) is 0 Å². The highest BCUT2D eigenvalue weighted by atomic mass is 14.9. The summed E-state index contributed by atoms with van der Waals surface area (Å²) in [4.78, 5) is 21.2. The summed E-state index contributed by atoms with van der Waals surface area (Å²) in [6.07, 6.45) is 16.8. The molecule has 5 heterocycles. The van der Waals surface area contributed by atoms with Crippen LogP contribution in [0, 0.1) is 0 Å². The molecule has 0 fully saturated rings. The fraction of sp³-hybridized carbons (Fsp3) is 0. The minimum atomic E-state index is 0.861. The molecule has 8 bridgehead atoms. The molecule has 5 aliphatic heterocycles. The van der Waals surface area contributed by atoms with E-state index in [9.17, 15) is 0 Å². The lowest BCUT2D eigenvalue weighted by molar-refractivity contribution is 1.41. The largest absolute Gasteiger partial charge is 0.248 e. The van der Waals surface area contributed by atoms with Gasteiger partial charge in [0, 0.05) is 22.3 Å². The molecule has 0 amide bonds. The second-order valence-electron chi connectivity index (χ2n) is 11.8. The quantitative estimate of drug-likeness (QED) is 0.220. The molecule has 4 nitrogen and oxygen atoms in total. The second kappa shape index (κ2) is 11.7. The second-order valence-corrected chi connectivity index (χ2v) is 11.8. The van der Waals surface area contributed by atoms with Crippen LogP contribution in [0.2, 0.25) is 0 Å². The van der Waals surface area contributed by atoms with Gasteiger partial charge in [0.05, 0.1) is 45.6 Å². The maximum atomic E-state index is 5.31. The van der Waals surface area contributed by atoms with Crippen LogP contribution >= 0.6 is 0 Å². The van der Waals surface area contributed by atoms with Crippen molar-refractivity contribution in [2.24, 2.45) is 20.0 Å². The van der Waals surface area contributed by atoms with Crippen LogP contribution in [0.1, 0.15) is 22.3 Å². The van der Waals surface area contributed by atoms with E-state index in [1.165, 1.54) is 0 Å². The fourth-order valence-corrected chi connectivity index (χ4v) is 6.69. The summed E-state index contributed by atoms with van der Waals surface area (Å²) in [6.45, 7) is 0. The van der Waals surface area contributed by atoms with Gasteiger partial charge in [-0.25, -0.2) is 20.0 Å². The van der Waals surface area contributed by atoms with Crippen molar-refractivity contribution < 1.29 is 0 Å². The van der Waals surface area contributed by atoms with E-state index in [1.54, 1.807) is 0 Å². The van der Waals surface area contributed by atoms with Gasteiger partial charge in [-0.1, -0.05) is 121 Å². The lowest BCUT2D eigenvalue weighted by Crippen LogP contribution is -2.03. The van der Waals surface area contributed by atoms with Crippen molar-refractivity contribution in [3.63, 3.8) is 0 Å². The number of nitrogens with zero attached hydrogens (tertiary/aromatic N) is 4. The first-order chi connectivity index (χ1) is 23.8. The summed E-state index contributed by atoms with van der Waals surface area (Å²) >= 11 is 0. The van der Waals surface area contributed by atoms with Gasteiger partial charge in [-0.05, 0) is 70.9 Å². The molecule has 48 heavy (non-hydrogen) atoms. The lowest BCUT2D eigenvalue weighted by Gasteiger charge is -2.12. The van der Waals surface area contributed by atoms with Crippen molar-refractivity contribution in [3.05, 3.63) is 215 Å². The molecule has 224 valence electrons. The number of benzene rings is 4. The van der Waals surface area contributed by atoms with E-state index in [4.69, 9.17) is 20.0 Å². The molecule has 0 N–H and O–H groups in total. The van der Waals surface area contributed by atoms with Crippen LogP contribution in [-0.4, -0.2) is 22.8 Å². The molecule has 0 saturated heterocycles. The Balaban J connectivity index is 1.37. The van der Waals surface area contributed by atoms with Crippen LogP contribution in [0.3, 0.4) is 0 Å². The highest BCUT2D eigenvalue weighted by molar-refractivity contribution is 6.39. The van der Waals surface area contributed by atoms with Gasteiger partial charge in [0.2, 0.25) is 0 Å². The Morgan fingerprint density at radius 1 is 0.229 bits per heavy atom. The zero-order valence-electron chi connectivity index (χ0n) is 26.0. The number of allylic oxidation sites excluding steroid dienone is 12. The predicted octanol–water partition coefficient (Wildman–Crippen LogP) is 9.69. The summed E-state index contributed by atoms with van der Waals surface area (Å²) in [5.74, 6) is 0. The van der Waals surface area contributed by atoms with Gasteiger partial charge in [-0.2, -0.15) is 0 Å². The standard InChI is InChI=1S/C44H28N4/c1-5-13-29(14-6-1)41-33-21-23-35(45-33)42(30-15-7-2-8-16-30)37-25-27-39(47-37)44(32-19-11-4-12-20-32)40-28-26-38(48-40)43(31-17-9-3-10-18-31)36-24-22-34(41)46-36/h1-28H. The summed E-state index contributed by atoms with van der Waals surface area (Å²) < 4.78 is 0. The topological polar surface area (TPSA) is 49.4 Å². The average Bonchev–Trinajstić information content (AvgIpc) is 3.98. The van der Waals surface area contributed by atoms with Crippen LogP contribution < -0.4 is 0 Å². The third-order valence-electron chi connectivity index (χ3n) is 8.86. The third kappa shape index (κ3) is 4.88. The van der Waals surface area contributed by atoms with Crippen molar-refractivity contribution >= 4 is 45.1 Å². The van der Waals surface area contributed by atoms with Crippen LogP contribution in [0.5, 0.6) is 0 Å². The summed E-state index contributed by atoms with van der Waals surface area (Å²) in [5.41, 5.74) is 15.0. The van der Waals surface area contributed by atoms with E-state index in [0.29, 0.717) is 0 Å². The molecule has 4 heteroatoms. The van der Waals surface area contributed by atoms with E-state index >= 15 is 0 Å². The molecule has 9 rings (SSSR count). The molecule has 0 unspecified atom stereocenters. The van der Waals surface area contributed by atoms with Gasteiger partial charge < -0.3 is 0 Å². The van der Waals surface area contributed by atoms with Crippen LogP contribution in [0.15, 0.2) is 213 Å². The Kier molecular flexibility index (Phi) is 6.76. The first-order valence-corrected chi connectivity index (χ1v) is 16.1. The van der Waals surface area contributed by atoms with Crippen LogP contribution in [0.4, 0.5) is 0 Å². The molecule has 4 aromatic rings. The molecule has 0 spiro atoms. The summed E-state index contributed by atoms with van der Waals surface area (Å²) in [7, 11) is 0. The molecule has 5 aliphatic rings. The Bertz CT molecular complexity index is 2030. The number of aliphatic imine (C=N–C) groups is 4. The molecule has 0 radical (unpaired) electrons. The highest BCUT2D eigenvalue weighted by Crippen LogP contribution is 2.38. The maximum absolute atomic E-state index is 5.31. The zero-order chi connectivity index (χ0) is 31.9. The smallest absolute Gasteiger partial charge is 0.0738 e. The number of rotatable bonds is 4. The Morgan fingerprint density at radius 2 is 0.438 bits per heavy atom. The SMILES string of the molecule is C1=CC2=C(c3ccccc3)C3=NC(=C(c4ccccc4)C4=NC(=C(c5ccccc5)C5=NC(=C(c6ccccc6)C1=N2)C=C5)C=C4)C=C3. The molecule has 0 aliphatic carbocycles. The van der Waals surface area contributed by atoms with Gasteiger partial charge in [0.25, 0.3) is 0 Å². The number of fused-ring (bicyclic) bond motifs is 4. The molecule has 4 aromatic carbocycles. The van der Waals surface area contributed by atoms with E-state index in [1.807, 2.05) is 24.3 Å². The van der Waals surface area contributed by atoms with Crippen molar-refractivity contribution in [2.45, 2.75) is 0 Å². The summed E-state index contributed by atoms with van der Waals surface area (Å²) in [5, 5.41) is 0. The van der Waals surface area contributed by atoms with E-state index in [2.05, 4.69) is 146 Å². The first-order valence-electron chi connectivity index (χ1n) is 16.1. The molecular formula is C44H28N4. The highest BCUT2D eigenvalue weighted by Gasteiger charge is 2.27. The minimum Gasteiger partial charge on any atom is -0.248 e. The maximum Gasteiger partial charge on any atom is 0.0738 e. The Morgan fingerprint density at radius 3 is 0.646 bits per heavy atom. The van der Waals surface area contributed by atoms with Crippen LogP contribution in [0.25, 0.3) is 22.3 Å². The molecule has 0 aromatic heterocycles. The minimum absolute atomic E-state index is 0.861. The Hall–Kier alpha value is -6.52. The van der Waals surface area contributed by atoms with E-state index in [0.717, 1.165) is 90.2 Å². The fourth-order valence-electron chi connectivity index (χ4n) is 6.69. The van der Waals surface area contributed by atoms with Crippen molar-refractivity contribution in [1.29, 1.82) is 0 Å².